The zero-order valence-corrected chi connectivity index (χ0v) is 73.3. The van der Waals surface area contributed by atoms with Gasteiger partial charge in [-0.1, -0.05) is 200 Å². The van der Waals surface area contributed by atoms with Crippen LogP contribution in [0.3, 0.4) is 0 Å². The van der Waals surface area contributed by atoms with Crippen molar-refractivity contribution in [3.05, 3.63) is 154 Å². The number of carbonyl (C=O) groups is 4. The van der Waals surface area contributed by atoms with Gasteiger partial charge in [0.05, 0.1) is 66.5 Å². The average Bonchev–Trinajstić information content (AvgIpc) is 1.69. The Hall–Kier alpha value is -8.04. The molecule has 33 heteroatoms. The van der Waals surface area contributed by atoms with Gasteiger partial charge in [0.1, 0.15) is 5.75 Å². The largest absolute Gasteiger partial charge is 0.495 e. The van der Waals surface area contributed by atoms with E-state index in [2.05, 4.69) is 72.4 Å². The van der Waals surface area contributed by atoms with Crippen molar-refractivity contribution >= 4 is 225 Å². The molecule has 4 amide bonds. The standard InChI is InChI=1S/C21H23ClN4O2S2.2C19H21ClN4OS2.C18H19ClN4OS2.CH4/c1-21(2,3)18(27)26-20-23-12-6-5-7-15-16(17(12)30-20)25-19(29-15)24-13-10-11(22)8-9-14(13)28-4;1-10-6-7-12(20)8-13(10)22-17-23-14(9-26-17)15-11(2)21-18(27-15)24-16(25)19(3,4)5;1-10-6-7-12(20)8-13(10)22-18-23-15(11(2)26-18)14-9-21-17(27-14)24-16(25)19(3,4)5;1-10-5-6-11(19)7-12(10)21-17-22-13(9-25-17)14-8-20-16(26-14)23-15(24)18(2,3)4;/h8-10H,5-7H2,1-4H3,(H,24,25)(H,23,26,27);2*6-9H,1-5H3,(H,22,23)(H,21,24,25);5-9H,1-4H3,(H,21,22)(H,20,23,24);1H4. The fourth-order valence-corrected chi connectivity index (χ4v) is 17.5. The van der Waals surface area contributed by atoms with Crippen LogP contribution < -0.4 is 47.3 Å². The minimum Gasteiger partial charge on any atom is -0.495 e. The fraction of sp³-hybridized carbons (Fsp3) is 0.333. The van der Waals surface area contributed by atoms with Crippen molar-refractivity contribution in [2.45, 2.75) is 144 Å². The lowest BCUT2D eigenvalue weighted by Gasteiger charge is -2.15. The Kier molecular flexibility index (Phi) is 28.9. The van der Waals surface area contributed by atoms with Crippen LogP contribution in [0.5, 0.6) is 5.75 Å². The second-order valence-electron chi connectivity index (χ2n) is 29.5. The first-order valence-corrected chi connectivity index (χ1v) is 42.6. The van der Waals surface area contributed by atoms with Crippen LogP contribution in [0.2, 0.25) is 20.1 Å². The van der Waals surface area contributed by atoms with E-state index in [1.165, 1.54) is 72.9 Å². The number of benzene rings is 4. The van der Waals surface area contributed by atoms with Crippen molar-refractivity contribution in [3.63, 3.8) is 0 Å². The molecule has 0 fully saturated rings. The van der Waals surface area contributed by atoms with E-state index in [1.54, 1.807) is 48.2 Å². The predicted molar refractivity (Wildman–Crippen MR) is 473 cm³/mol. The topological polar surface area (TPSA) is 277 Å². The highest BCUT2D eigenvalue weighted by molar-refractivity contribution is 7.22. The van der Waals surface area contributed by atoms with Crippen LogP contribution in [0.15, 0.2) is 96.0 Å². The van der Waals surface area contributed by atoms with Crippen LogP contribution in [0.25, 0.3) is 42.3 Å². The van der Waals surface area contributed by atoms with Gasteiger partial charge in [-0.3, -0.25) is 19.2 Å². The lowest BCUT2D eigenvalue weighted by molar-refractivity contribution is -0.123. The first-order valence-electron chi connectivity index (χ1n) is 34.5. The summed E-state index contributed by atoms with van der Waals surface area (Å²) in [4.78, 5) is 91.5. The van der Waals surface area contributed by atoms with Gasteiger partial charge in [-0.05, 0) is 125 Å². The molecule has 1 aliphatic carbocycles. The smallest absolute Gasteiger partial charge is 0.231 e. The van der Waals surface area contributed by atoms with Crippen LogP contribution in [0.1, 0.15) is 135 Å². The minimum absolute atomic E-state index is 0. The van der Waals surface area contributed by atoms with Crippen molar-refractivity contribution in [2.75, 3.05) is 49.6 Å². The van der Waals surface area contributed by atoms with Gasteiger partial charge in [0, 0.05) is 91.7 Å². The number of rotatable bonds is 16. The number of anilines is 12. The quantitative estimate of drug-likeness (QED) is 0.0446. The summed E-state index contributed by atoms with van der Waals surface area (Å²) >= 11 is 36.4. The van der Waals surface area contributed by atoms with E-state index >= 15 is 0 Å². The molecule has 8 N–H and O–H groups in total. The van der Waals surface area contributed by atoms with Gasteiger partial charge in [-0.2, -0.15) is 0 Å². The molecular weight excluding hydrogens is 1640 g/mol. The van der Waals surface area contributed by atoms with E-state index in [1.807, 2.05) is 195 Å². The molecule has 13 rings (SSSR count). The third kappa shape index (κ3) is 23.6. The number of thiazole rings is 8. The summed E-state index contributed by atoms with van der Waals surface area (Å²) in [7, 11) is 1.63. The van der Waals surface area contributed by atoms with E-state index in [0.717, 1.165) is 138 Å². The molecule has 0 aliphatic heterocycles. The zero-order chi connectivity index (χ0) is 79.9. The molecule has 0 bridgehead atoms. The predicted octanol–water partition coefficient (Wildman–Crippen LogP) is 25.3. The summed E-state index contributed by atoms with van der Waals surface area (Å²) in [6.07, 6.45) is 6.31. The maximum absolute atomic E-state index is 12.4. The second-order valence-corrected chi connectivity index (χ2v) is 39.3. The number of hydrogen-bond acceptors (Lipinski definition) is 25. The third-order valence-electron chi connectivity index (χ3n) is 16.1. The average molecular weight is 1730 g/mol. The van der Waals surface area contributed by atoms with Gasteiger partial charge in [0.25, 0.3) is 0 Å². The number of halogens is 4. The van der Waals surface area contributed by atoms with Gasteiger partial charge >= 0.3 is 0 Å². The Morgan fingerprint density at radius 3 is 1.32 bits per heavy atom. The zero-order valence-electron chi connectivity index (χ0n) is 63.8. The fourth-order valence-electron chi connectivity index (χ4n) is 9.63. The molecular formula is C78H88Cl4N16O5S8. The highest BCUT2D eigenvalue weighted by atomic mass is 35.5. The molecule has 0 spiro atoms. The minimum atomic E-state index is -0.470. The van der Waals surface area contributed by atoms with Crippen LogP contribution in [0.4, 0.5) is 63.8 Å². The number of nitrogens with one attached hydrogen (secondary N) is 8. The summed E-state index contributed by atoms with van der Waals surface area (Å²) in [6.45, 7) is 32.5. The maximum atomic E-state index is 12.4. The van der Waals surface area contributed by atoms with Crippen LogP contribution in [-0.4, -0.2) is 70.6 Å². The van der Waals surface area contributed by atoms with Gasteiger partial charge < -0.3 is 47.3 Å². The van der Waals surface area contributed by atoms with Gasteiger partial charge in [0.15, 0.2) is 41.1 Å². The summed E-state index contributed by atoms with van der Waals surface area (Å²) in [5.41, 5.74) is 10.3. The lowest BCUT2D eigenvalue weighted by Crippen LogP contribution is -2.27. The number of fused-ring (bicyclic) bond motifs is 3. The number of ether oxygens (including phenoxy) is 1. The molecule has 111 heavy (non-hydrogen) atoms. The van der Waals surface area contributed by atoms with E-state index in [4.69, 9.17) is 61.1 Å². The molecule has 0 saturated carbocycles. The molecule has 586 valence electrons. The van der Waals surface area contributed by atoms with E-state index in [9.17, 15) is 19.2 Å². The molecule has 1 aliphatic rings. The Bertz CT molecular complexity index is 5320. The van der Waals surface area contributed by atoms with Crippen molar-refractivity contribution in [1.29, 1.82) is 0 Å². The lowest BCUT2D eigenvalue weighted by atomic mass is 9.96. The highest BCUT2D eigenvalue weighted by Crippen LogP contribution is 2.45. The second kappa shape index (κ2) is 36.8. The van der Waals surface area contributed by atoms with Crippen LogP contribution in [0, 0.1) is 56.3 Å². The van der Waals surface area contributed by atoms with E-state index in [-0.39, 0.29) is 31.1 Å². The number of methoxy groups -OCH3 is 1. The molecule has 0 atom stereocenters. The Balaban J connectivity index is 0.000000170. The first-order chi connectivity index (χ1) is 51.7. The number of carbonyl (C=O) groups excluding carboxylic acids is 4. The number of aryl methyl sites for hydroxylation is 7. The highest BCUT2D eigenvalue weighted by Gasteiger charge is 2.30. The number of nitrogens with zero attached hydrogens (tertiary/aromatic N) is 8. The number of amides is 4. The summed E-state index contributed by atoms with van der Waals surface area (Å²) in [6, 6.07) is 22.6. The number of hydrogen-bond donors (Lipinski definition) is 8. The monoisotopic (exact) mass is 1720 g/mol. The van der Waals surface area contributed by atoms with Crippen molar-refractivity contribution in [2.24, 2.45) is 21.7 Å². The molecule has 4 aromatic carbocycles. The van der Waals surface area contributed by atoms with Gasteiger partial charge in [-0.15, -0.1) is 45.3 Å². The summed E-state index contributed by atoms with van der Waals surface area (Å²) in [5, 5.41) is 37.0. The Morgan fingerprint density at radius 2 is 0.820 bits per heavy atom. The van der Waals surface area contributed by atoms with Crippen LogP contribution in [-0.2, 0) is 32.0 Å². The Labute approximate surface area is 699 Å². The molecule has 12 aromatic rings. The SMILES string of the molecule is C.COc1ccc(Cl)cc1Nc1nc2c(s1)CCCc1nc(NC(=O)C(C)(C)C)sc1-2.Cc1ccc(Cl)cc1Nc1nc(-c2cnc(NC(=O)C(C)(C)C)s2)c(C)s1.Cc1ccc(Cl)cc1Nc1nc(-c2cnc(NC(=O)C(C)(C)C)s2)cs1.Cc1ccc(Cl)cc1Nc1nc(-c2sc(NC(=O)C(C)(C)C)nc2C)cs1. The summed E-state index contributed by atoms with van der Waals surface area (Å²) in [5.74, 6) is 0.489. The first kappa shape index (κ1) is 86.9. The molecule has 0 saturated heterocycles. The molecule has 8 aromatic heterocycles. The third-order valence-corrected chi connectivity index (χ3v) is 24.4. The molecule has 0 radical (unpaired) electrons. The maximum Gasteiger partial charge on any atom is 0.231 e. The van der Waals surface area contributed by atoms with Crippen molar-refractivity contribution in [1.82, 2.24) is 39.9 Å². The number of aromatic nitrogens is 8. The van der Waals surface area contributed by atoms with Gasteiger partial charge in [0.2, 0.25) is 23.6 Å². The van der Waals surface area contributed by atoms with Crippen molar-refractivity contribution in [3.8, 4) is 48.0 Å². The molecule has 8 heterocycles. The molecule has 21 nitrogen and oxygen atoms in total. The van der Waals surface area contributed by atoms with Crippen molar-refractivity contribution < 1.29 is 23.9 Å². The van der Waals surface area contributed by atoms with E-state index in [0.29, 0.717) is 46.4 Å². The van der Waals surface area contributed by atoms with Crippen LogP contribution >= 0.6 is 137 Å². The van der Waals surface area contributed by atoms with Gasteiger partial charge in [-0.25, -0.2) is 39.9 Å². The Morgan fingerprint density at radius 1 is 0.414 bits per heavy atom. The summed E-state index contributed by atoms with van der Waals surface area (Å²) < 4.78 is 5.43. The van der Waals surface area contributed by atoms with E-state index < -0.39 is 21.7 Å². The normalized spacial score (nSPS) is 11.8. The molecule has 0 unspecified atom stereocenters.